The Morgan fingerprint density at radius 2 is 1.50 bits per heavy atom. The summed E-state index contributed by atoms with van der Waals surface area (Å²) in [5, 5.41) is 3.58. The molecule has 0 unspecified atom stereocenters. The van der Waals surface area contributed by atoms with Crippen LogP contribution < -0.4 is 14.8 Å². The number of ketones is 2. The van der Waals surface area contributed by atoms with E-state index >= 15 is 0 Å². The van der Waals surface area contributed by atoms with Crippen molar-refractivity contribution in [2.45, 2.75) is 72.6 Å². The molecule has 0 aromatic heterocycles. The third kappa shape index (κ3) is 4.93. The summed E-state index contributed by atoms with van der Waals surface area (Å²) < 4.78 is 12.0. The number of carbonyl (C=O) groups excluding carboxylic acids is 2. The average Bonchev–Trinajstić information content (AvgIpc) is 2.75. The molecule has 2 aliphatic carbocycles. The van der Waals surface area contributed by atoms with E-state index in [1.807, 2.05) is 19.1 Å². The highest BCUT2D eigenvalue weighted by Crippen LogP contribution is 2.52. The van der Waals surface area contributed by atoms with E-state index in [1.54, 1.807) is 6.08 Å². The highest BCUT2D eigenvalue weighted by Gasteiger charge is 2.46. The minimum absolute atomic E-state index is 0.109. The molecule has 1 aromatic carbocycles. The van der Waals surface area contributed by atoms with Crippen LogP contribution in [0.2, 0.25) is 0 Å². The Morgan fingerprint density at radius 3 is 2.00 bits per heavy atom. The van der Waals surface area contributed by atoms with E-state index in [4.69, 9.17) is 9.47 Å². The Hall–Kier alpha value is -3.08. The van der Waals surface area contributed by atoms with Gasteiger partial charge < -0.3 is 14.8 Å². The summed E-state index contributed by atoms with van der Waals surface area (Å²) in [6.45, 7) is 19.0. The van der Waals surface area contributed by atoms with Crippen molar-refractivity contribution < 1.29 is 19.1 Å². The smallest absolute Gasteiger partial charge is 0.165 e. The van der Waals surface area contributed by atoms with Crippen LogP contribution in [0.3, 0.4) is 0 Å². The average molecular weight is 490 g/mol. The summed E-state index contributed by atoms with van der Waals surface area (Å²) in [6.07, 6.45) is 6.58. The second-order valence-electron chi connectivity index (χ2n) is 11.8. The van der Waals surface area contributed by atoms with Crippen LogP contribution in [-0.2, 0) is 16.0 Å². The summed E-state index contributed by atoms with van der Waals surface area (Å²) in [7, 11) is 0. The Morgan fingerprint density at radius 1 is 0.917 bits per heavy atom. The molecule has 0 fully saturated rings. The van der Waals surface area contributed by atoms with Crippen molar-refractivity contribution in [3.63, 3.8) is 0 Å². The molecule has 0 bridgehead atoms. The Bertz CT molecular complexity index is 1130. The first-order chi connectivity index (χ1) is 17.0. The largest absolute Gasteiger partial charge is 0.490 e. The van der Waals surface area contributed by atoms with Crippen molar-refractivity contribution >= 4 is 11.6 Å². The normalized spacial score (nSPS) is 20.9. The summed E-state index contributed by atoms with van der Waals surface area (Å²) >= 11 is 0. The van der Waals surface area contributed by atoms with Crippen LogP contribution in [-0.4, -0.2) is 24.8 Å². The first kappa shape index (κ1) is 26.0. The molecule has 1 heterocycles. The number of hydrogen-bond donors (Lipinski definition) is 1. The van der Waals surface area contributed by atoms with Gasteiger partial charge in [-0.05, 0) is 48.6 Å². The molecular weight excluding hydrogens is 450 g/mol. The molecule has 0 amide bonds. The minimum Gasteiger partial charge on any atom is -0.490 e. The van der Waals surface area contributed by atoms with Crippen molar-refractivity contribution in [3.05, 3.63) is 71.1 Å². The van der Waals surface area contributed by atoms with Crippen LogP contribution in [0.25, 0.3) is 0 Å². The van der Waals surface area contributed by atoms with Crippen molar-refractivity contribution in [2.24, 2.45) is 10.8 Å². The van der Waals surface area contributed by atoms with Gasteiger partial charge in [-0.15, -0.1) is 6.58 Å². The van der Waals surface area contributed by atoms with Gasteiger partial charge in [0.2, 0.25) is 0 Å². The maximum Gasteiger partial charge on any atom is 0.165 e. The molecule has 1 aromatic rings. The Balaban J connectivity index is 1.96. The molecule has 192 valence electrons. The molecule has 4 rings (SSSR count). The summed E-state index contributed by atoms with van der Waals surface area (Å²) in [6, 6.07) is 4.02. The number of dihydropyridines is 1. The Labute approximate surface area is 215 Å². The van der Waals surface area contributed by atoms with Gasteiger partial charge >= 0.3 is 0 Å². The van der Waals surface area contributed by atoms with E-state index in [2.05, 4.69) is 52.2 Å². The molecule has 0 saturated carbocycles. The second-order valence-corrected chi connectivity index (χ2v) is 11.8. The summed E-state index contributed by atoms with van der Waals surface area (Å²) in [5.41, 5.74) is 4.92. The van der Waals surface area contributed by atoms with E-state index in [-0.39, 0.29) is 22.4 Å². The molecule has 0 radical (unpaired) electrons. The molecule has 0 spiro atoms. The zero-order valence-electron chi connectivity index (χ0n) is 22.4. The molecule has 3 aliphatic rings. The van der Waals surface area contributed by atoms with E-state index < -0.39 is 5.92 Å². The molecule has 0 atom stereocenters. The van der Waals surface area contributed by atoms with E-state index in [0.29, 0.717) is 44.0 Å². The predicted octanol–water partition coefficient (Wildman–Crippen LogP) is 6.35. The summed E-state index contributed by atoms with van der Waals surface area (Å²) in [5.74, 6) is 1.07. The fourth-order valence-electron chi connectivity index (χ4n) is 5.95. The third-order valence-corrected chi connectivity index (χ3v) is 7.22. The lowest BCUT2D eigenvalue weighted by Crippen LogP contribution is -2.42. The number of ether oxygens (including phenoxy) is 2. The fraction of sp³-hybridized carbons (Fsp3) is 0.484. The van der Waals surface area contributed by atoms with Gasteiger partial charge in [-0.25, -0.2) is 0 Å². The quantitative estimate of drug-likeness (QED) is 0.431. The topological polar surface area (TPSA) is 64.6 Å². The fourth-order valence-corrected chi connectivity index (χ4v) is 5.95. The zero-order chi connectivity index (χ0) is 26.3. The van der Waals surface area contributed by atoms with Crippen molar-refractivity contribution in [3.8, 4) is 11.5 Å². The standard InChI is InChI=1S/C31H39NO4/c1-8-11-19-13-20(14-25(35-10-3)29(19)36-12-9-2)26-27-21(15-30(4,5)17-23(27)33)32-22-16-31(6,7)18-24(34)28(22)26/h8-9,13-14,26,32H,1-2,10-12,15-18H2,3-7H3. The van der Waals surface area contributed by atoms with Crippen LogP contribution in [0.4, 0.5) is 0 Å². The highest BCUT2D eigenvalue weighted by molar-refractivity contribution is 6.06. The number of nitrogens with one attached hydrogen (secondary N) is 1. The van der Waals surface area contributed by atoms with E-state index in [9.17, 15) is 9.59 Å². The first-order valence-corrected chi connectivity index (χ1v) is 12.9. The first-order valence-electron chi connectivity index (χ1n) is 12.9. The van der Waals surface area contributed by atoms with Crippen LogP contribution in [0.15, 0.2) is 60.0 Å². The predicted molar refractivity (Wildman–Crippen MR) is 143 cm³/mol. The van der Waals surface area contributed by atoms with Gasteiger partial charge in [0.05, 0.1) is 6.61 Å². The molecule has 0 saturated heterocycles. The van der Waals surface area contributed by atoms with Gasteiger partial charge in [0.25, 0.3) is 0 Å². The lowest BCUT2D eigenvalue weighted by Gasteiger charge is -2.44. The maximum atomic E-state index is 13.7. The van der Waals surface area contributed by atoms with Crippen molar-refractivity contribution in [2.75, 3.05) is 13.2 Å². The molecular formula is C31H39NO4. The Kier molecular flexibility index (Phi) is 7.05. The maximum absolute atomic E-state index is 13.7. The number of carbonyl (C=O) groups is 2. The van der Waals surface area contributed by atoms with Gasteiger partial charge in [-0.2, -0.15) is 0 Å². The molecule has 5 heteroatoms. The van der Waals surface area contributed by atoms with Crippen molar-refractivity contribution in [1.82, 2.24) is 5.32 Å². The van der Waals surface area contributed by atoms with Crippen LogP contribution in [0.1, 0.15) is 77.3 Å². The van der Waals surface area contributed by atoms with Gasteiger partial charge in [0.1, 0.15) is 6.61 Å². The minimum atomic E-state index is -0.417. The zero-order valence-corrected chi connectivity index (χ0v) is 22.4. The molecule has 36 heavy (non-hydrogen) atoms. The van der Waals surface area contributed by atoms with Crippen LogP contribution in [0.5, 0.6) is 11.5 Å². The highest BCUT2D eigenvalue weighted by atomic mass is 16.5. The van der Waals surface area contributed by atoms with E-state index in [1.165, 1.54) is 0 Å². The number of Topliss-reactive ketones (excluding diaryl/α,β-unsaturated/α-hetero) is 2. The van der Waals surface area contributed by atoms with Gasteiger partial charge in [0, 0.05) is 46.9 Å². The number of hydrogen-bond acceptors (Lipinski definition) is 5. The number of allylic oxidation sites excluding steroid dienone is 5. The summed E-state index contributed by atoms with van der Waals surface area (Å²) in [4.78, 5) is 27.3. The molecule has 1 aliphatic heterocycles. The number of benzene rings is 1. The SMILES string of the molecule is C=CCOc1c(CC=C)cc(C2C3=C(CC(C)(C)CC3=O)NC3=C2C(=O)CC(C)(C)C3)cc1OCC. The molecule has 1 N–H and O–H groups in total. The van der Waals surface area contributed by atoms with Gasteiger partial charge in [-0.1, -0.05) is 52.5 Å². The second kappa shape index (κ2) is 9.76. The van der Waals surface area contributed by atoms with Crippen molar-refractivity contribution in [1.29, 1.82) is 0 Å². The number of rotatable bonds is 8. The van der Waals surface area contributed by atoms with Crippen LogP contribution >= 0.6 is 0 Å². The molecule has 5 nitrogen and oxygen atoms in total. The lowest BCUT2D eigenvalue weighted by atomic mass is 9.64. The monoisotopic (exact) mass is 489 g/mol. The van der Waals surface area contributed by atoms with Gasteiger partial charge in [-0.3, -0.25) is 9.59 Å². The van der Waals surface area contributed by atoms with Gasteiger partial charge in [0.15, 0.2) is 23.1 Å². The van der Waals surface area contributed by atoms with Crippen LogP contribution in [0, 0.1) is 10.8 Å². The van der Waals surface area contributed by atoms with E-state index in [0.717, 1.165) is 46.5 Å². The third-order valence-electron chi connectivity index (χ3n) is 7.22. The lowest BCUT2D eigenvalue weighted by molar-refractivity contribution is -0.119.